The first-order chi connectivity index (χ1) is 10.1. The molecule has 0 saturated carbocycles. The van der Waals surface area contributed by atoms with Crippen LogP contribution in [-0.2, 0) is 4.79 Å². The quantitative estimate of drug-likeness (QED) is 0.907. The first-order valence-electron chi connectivity index (χ1n) is 7.59. The molecule has 1 amide bonds. The third kappa shape index (κ3) is 2.97. The van der Waals surface area contributed by atoms with E-state index in [2.05, 4.69) is 11.8 Å². The molecule has 114 valence electrons. The summed E-state index contributed by atoms with van der Waals surface area (Å²) in [6.45, 7) is 4.41. The first-order valence-corrected chi connectivity index (χ1v) is 7.59. The molecular formula is C16H22N2O3. The highest BCUT2D eigenvalue weighted by atomic mass is 16.5. The predicted octanol–water partition coefficient (Wildman–Crippen LogP) is 1.26. The summed E-state index contributed by atoms with van der Waals surface area (Å²) in [6, 6.07) is 8.10. The number of nitrogens with zero attached hydrogens (tertiary/aromatic N) is 2. The highest BCUT2D eigenvalue weighted by Gasteiger charge is 2.28. The second kappa shape index (κ2) is 5.93. The van der Waals surface area contributed by atoms with E-state index in [1.54, 1.807) is 4.90 Å². The lowest BCUT2D eigenvalue weighted by Crippen LogP contribution is -2.47. The number of aliphatic hydroxyl groups is 1. The smallest absolute Gasteiger partial charge is 0.222 e. The van der Waals surface area contributed by atoms with Crippen LogP contribution < -0.4 is 9.64 Å². The highest BCUT2D eigenvalue weighted by molar-refractivity contribution is 5.78. The molecule has 0 aliphatic carbocycles. The van der Waals surface area contributed by atoms with Gasteiger partial charge in [-0.25, -0.2) is 0 Å². The average molecular weight is 290 g/mol. The SMILES string of the molecule is CC1COc2ccccc2N1CC(O)CN1CCCC1=O. The predicted molar refractivity (Wildman–Crippen MR) is 80.6 cm³/mol. The van der Waals surface area contributed by atoms with Crippen LogP contribution in [0.3, 0.4) is 0 Å². The standard InChI is InChI=1S/C16H22N2O3/c1-12-11-21-15-6-3-2-5-14(15)18(12)10-13(19)9-17-8-4-7-16(17)20/h2-3,5-6,12-13,19H,4,7-11H2,1H3. The summed E-state index contributed by atoms with van der Waals surface area (Å²) in [4.78, 5) is 15.6. The summed E-state index contributed by atoms with van der Waals surface area (Å²) in [5, 5.41) is 10.3. The van der Waals surface area contributed by atoms with E-state index >= 15 is 0 Å². The van der Waals surface area contributed by atoms with Crippen molar-refractivity contribution in [3.63, 3.8) is 0 Å². The molecular weight excluding hydrogens is 268 g/mol. The summed E-state index contributed by atoms with van der Waals surface area (Å²) < 4.78 is 5.71. The molecule has 0 aromatic heterocycles. The van der Waals surface area contributed by atoms with Crippen LogP contribution in [0.15, 0.2) is 24.3 Å². The lowest BCUT2D eigenvalue weighted by Gasteiger charge is -2.38. The van der Waals surface area contributed by atoms with E-state index < -0.39 is 6.10 Å². The Labute approximate surface area is 125 Å². The van der Waals surface area contributed by atoms with Crippen LogP contribution in [0.2, 0.25) is 0 Å². The number of hydrogen-bond acceptors (Lipinski definition) is 4. The molecule has 2 atom stereocenters. The Morgan fingerprint density at radius 1 is 1.38 bits per heavy atom. The molecule has 1 aromatic rings. The monoisotopic (exact) mass is 290 g/mol. The highest BCUT2D eigenvalue weighted by Crippen LogP contribution is 2.33. The zero-order chi connectivity index (χ0) is 14.8. The van der Waals surface area contributed by atoms with Crippen LogP contribution >= 0.6 is 0 Å². The van der Waals surface area contributed by atoms with E-state index in [0.29, 0.717) is 26.1 Å². The van der Waals surface area contributed by atoms with Gasteiger partial charge in [0.05, 0.1) is 17.8 Å². The van der Waals surface area contributed by atoms with Crippen molar-refractivity contribution in [1.82, 2.24) is 4.90 Å². The maximum absolute atomic E-state index is 11.6. The Balaban J connectivity index is 1.67. The second-order valence-corrected chi connectivity index (χ2v) is 5.88. The van der Waals surface area contributed by atoms with Gasteiger partial charge in [0.2, 0.25) is 5.91 Å². The lowest BCUT2D eigenvalue weighted by molar-refractivity contribution is -0.128. The Morgan fingerprint density at radius 2 is 2.19 bits per heavy atom. The summed E-state index contributed by atoms with van der Waals surface area (Å²) in [5.74, 6) is 1.02. The number of likely N-dealkylation sites (tertiary alicyclic amines) is 1. The van der Waals surface area contributed by atoms with Crippen molar-refractivity contribution < 1.29 is 14.6 Å². The minimum Gasteiger partial charge on any atom is -0.489 e. The van der Waals surface area contributed by atoms with Gasteiger partial charge in [0.15, 0.2) is 0 Å². The van der Waals surface area contributed by atoms with E-state index in [-0.39, 0.29) is 11.9 Å². The maximum atomic E-state index is 11.6. The van der Waals surface area contributed by atoms with Gasteiger partial charge in [-0.2, -0.15) is 0 Å². The fourth-order valence-corrected chi connectivity index (χ4v) is 3.07. The number of amides is 1. The second-order valence-electron chi connectivity index (χ2n) is 5.88. The molecule has 5 nitrogen and oxygen atoms in total. The fraction of sp³-hybridized carbons (Fsp3) is 0.562. The average Bonchev–Trinajstić information content (AvgIpc) is 2.87. The number of carbonyl (C=O) groups is 1. The molecule has 1 N–H and O–H groups in total. The van der Waals surface area contributed by atoms with E-state index in [1.807, 2.05) is 24.3 Å². The molecule has 2 unspecified atom stereocenters. The number of aliphatic hydroxyl groups excluding tert-OH is 1. The lowest BCUT2D eigenvalue weighted by atomic mass is 10.1. The van der Waals surface area contributed by atoms with E-state index in [4.69, 9.17) is 4.74 Å². The Kier molecular flexibility index (Phi) is 4.01. The number of carbonyl (C=O) groups excluding carboxylic acids is 1. The number of ether oxygens (including phenoxy) is 1. The largest absolute Gasteiger partial charge is 0.489 e. The van der Waals surface area contributed by atoms with Gasteiger partial charge in [-0.15, -0.1) is 0 Å². The molecule has 3 rings (SSSR count). The number of anilines is 1. The van der Waals surface area contributed by atoms with Gasteiger partial charge in [-0.1, -0.05) is 12.1 Å². The molecule has 2 heterocycles. The van der Waals surface area contributed by atoms with E-state index in [1.165, 1.54) is 0 Å². The maximum Gasteiger partial charge on any atom is 0.222 e. The van der Waals surface area contributed by atoms with Crippen molar-refractivity contribution in [2.75, 3.05) is 31.1 Å². The zero-order valence-corrected chi connectivity index (χ0v) is 12.4. The third-order valence-corrected chi connectivity index (χ3v) is 4.20. The normalized spacial score (nSPS) is 23.0. The number of para-hydroxylation sites is 2. The number of rotatable bonds is 4. The number of hydrogen-bond donors (Lipinski definition) is 1. The van der Waals surface area contributed by atoms with Crippen LogP contribution in [0, 0.1) is 0 Å². The van der Waals surface area contributed by atoms with Crippen LogP contribution in [0.4, 0.5) is 5.69 Å². The number of fused-ring (bicyclic) bond motifs is 1. The van der Waals surface area contributed by atoms with Gasteiger partial charge in [0.1, 0.15) is 12.4 Å². The minimum atomic E-state index is -0.541. The summed E-state index contributed by atoms with van der Waals surface area (Å²) in [7, 11) is 0. The Bertz CT molecular complexity index is 520. The van der Waals surface area contributed by atoms with Crippen molar-refractivity contribution in [2.24, 2.45) is 0 Å². The van der Waals surface area contributed by atoms with E-state index in [9.17, 15) is 9.90 Å². The van der Waals surface area contributed by atoms with Crippen molar-refractivity contribution in [1.29, 1.82) is 0 Å². The first kappa shape index (κ1) is 14.2. The Hall–Kier alpha value is -1.75. The van der Waals surface area contributed by atoms with Crippen LogP contribution in [0.1, 0.15) is 19.8 Å². The molecule has 0 spiro atoms. The molecule has 2 aliphatic heterocycles. The molecule has 1 fully saturated rings. The van der Waals surface area contributed by atoms with Crippen molar-refractivity contribution in [2.45, 2.75) is 31.9 Å². The van der Waals surface area contributed by atoms with Gasteiger partial charge in [0.25, 0.3) is 0 Å². The van der Waals surface area contributed by atoms with Gasteiger partial charge in [-0.05, 0) is 25.5 Å². The molecule has 0 radical (unpaired) electrons. The third-order valence-electron chi connectivity index (χ3n) is 4.20. The zero-order valence-electron chi connectivity index (χ0n) is 12.4. The van der Waals surface area contributed by atoms with Gasteiger partial charge in [0, 0.05) is 26.1 Å². The van der Waals surface area contributed by atoms with Crippen LogP contribution in [-0.4, -0.2) is 54.3 Å². The molecule has 5 heteroatoms. The van der Waals surface area contributed by atoms with Gasteiger partial charge >= 0.3 is 0 Å². The number of benzene rings is 1. The molecule has 1 saturated heterocycles. The molecule has 0 bridgehead atoms. The summed E-state index contributed by atoms with van der Waals surface area (Å²) in [5.41, 5.74) is 1.02. The van der Waals surface area contributed by atoms with Crippen molar-refractivity contribution >= 4 is 11.6 Å². The molecule has 1 aromatic carbocycles. The van der Waals surface area contributed by atoms with E-state index in [0.717, 1.165) is 24.4 Å². The molecule has 21 heavy (non-hydrogen) atoms. The Morgan fingerprint density at radius 3 is 2.95 bits per heavy atom. The van der Waals surface area contributed by atoms with Crippen LogP contribution in [0.25, 0.3) is 0 Å². The fourth-order valence-electron chi connectivity index (χ4n) is 3.07. The summed E-state index contributed by atoms with van der Waals surface area (Å²) in [6.07, 6.45) is 0.979. The van der Waals surface area contributed by atoms with Crippen molar-refractivity contribution in [3.8, 4) is 5.75 Å². The molecule has 2 aliphatic rings. The van der Waals surface area contributed by atoms with Crippen LogP contribution in [0.5, 0.6) is 5.75 Å². The van der Waals surface area contributed by atoms with Crippen molar-refractivity contribution in [3.05, 3.63) is 24.3 Å². The number of β-amino-alcohol motifs (C(OH)–C–C–N with tert-alkyl or cyclic N) is 1. The van der Waals surface area contributed by atoms with Gasteiger partial charge in [-0.3, -0.25) is 4.79 Å². The minimum absolute atomic E-state index is 0.157. The van der Waals surface area contributed by atoms with Gasteiger partial charge < -0.3 is 19.6 Å². The topological polar surface area (TPSA) is 53.0 Å². The summed E-state index contributed by atoms with van der Waals surface area (Å²) >= 11 is 0.